The van der Waals surface area contributed by atoms with E-state index < -0.39 is 5.82 Å². The van der Waals surface area contributed by atoms with E-state index in [4.69, 9.17) is 30.6 Å². The monoisotopic (exact) mass is 567 g/mol. The zero-order valence-electron chi connectivity index (χ0n) is 21.6. The third kappa shape index (κ3) is 4.31. The van der Waals surface area contributed by atoms with Gasteiger partial charge in [-0.25, -0.2) is 14.2 Å². The number of benzene rings is 2. The van der Waals surface area contributed by atoms with Crippen LogP contribution in [0.1, 0.15) is 58.8 Å². The van der Waals surface area contributed by atoms with Crippen molar-refractivity contribution in [3.63, 3.8) is 0 Å². The number of aryl methyl sites for hydroxylation is 1. The number of ether oxygens (including phenoxy) is 2. The smallest absolute Gasteiger partial charge is 0.337 e. The summed E-state index contributed by atoms with van der Waals surface area (Å²) < 4.78 is 32.8. The van der Waals surface area contributed by atoms with Gasteiger partial charge in [0.1, 0.15) is 17.3 Å². The number of hydrogen-bond acceptors (Lipinski definition) is 8. The molecule has 0 N–H and O–H groups in total. The molecule has 2 saturated carbocycles. The van der Waals surface area contributed by atoms with Gasteiger partial charge in [-0.1, -0.05) is 34.2 Å². The highest BCUT2D eigenvalue weighted by molar-refractivity contribution is 7.22. The fourth-order valence-corrected chi connectivity index (χ4v) is 7.54. The molecular formula is C29H27ClFN3O4S. The Morgan fingerprint density at radius 3 is 2.85 bits per heavy atom. The van der Waals surface area contributed by atoms with Crippen LogP contribution in [0.3, 0.4) is 0 Å². The Morgan fingerprint density at radius 2 is 2.13 bits per heavy atom. The second-order valence-corrected chi connectivity index (χ2v) is 12.2. The summed E-state index contributed by atoms with van der Waals surface area (Å²) in [6.07, 6.45) is 4.11. The van der Waals surface area contributed by atoms with Crippen LogP contribution < -0.4 is 4.90 Å². The molecule has 2 aromatic heterocycles. The highest BCUT2D eigenvalue weighted by atomic mass is 35.5. The minimum Gasteiger partial charge on any atom is -0.465 e. The van der Waals surface area contributed by atoms with E-state index in [1.807, 2.05) is 19.1 Å². The van der Waals surface area contributed by atoms with Crippen LogP contribution in [-0.4, -0.2) is 41.9 Å². The van der Waals surface area contributed by atoms with Gasteiger partial charge >= 0.3 is 5.97 Å². The molecule has 0 amide bonds. The third-order valence-corrected chi connectivity index (χ3v) is 9.58. The Morgan fingerprint density at radius 1 is 1.28 bits per heavy atom. The van der Waals surface area contributed by atoms with Crippen LogP contribution in [0.15, 0.2) is 34.9 Å². The van der Waals surface area contributed by atoms with Gasteiger partial charge in [0.15, 0.2) is 5.13 Å². The molecule has 2 aromatic carbocycles. The first-order valence-corrected chi connectivity index (χ1v) is 14.4. The number of carbonyl (C=O) groups is 1. The molecule has 1 aliphatic heterocycles. The lowest BCUT2D eigenvalue weighted by molar-refractivity contribution is 0.0122. The van der Waals surface area contributed by atoms with Crippen molar-refractivity contribution in [1.29, 1.82) is 0 Å². The van der Waals surface area contributed by atoms with Gasteiger partial charge in [0.2, 0.25) is 0 Å². The molecular weight excluding hydrogens is 541 g/mol. The molecule has 4 aromatic rings. The first-order chi connectivity index (χ1) is 18.9. The third-order valence-electron chi connectivity index (χ3n) is 8.23. The largest absolute Gasteiger partial charge is 0.465 e. The number of fused-ring (bicyclic) bond motifs is 3. The van der Waals surface area contributed by atoms with E-state index in [0.717, 1.165) is 64.5 Å². The van der Waals surface area contributed by atoms with E-state index >= 15 is 0 Å². The topological polar surface area (TPSA) is 77.7 Å². The lowest BCUT2D eigenvalue weighted by atomic mass is 10.0. The molecule has 3 fully saturated rings. The van der Waals surface area contributed by atoms with Gasteiger partial charge in [0, 0.05) is 30.0 Å². The minimum atomic E-state index is -0.417. The number of methoxy groups -OCH3 is 1. The Balaban J connectivity index is 1.08. The molecule has 3 atom stereocenters. The Labute approximate surface area is 233 Å². The summed E-state index contributed by atoms with van der Waals surface area (Å²) in [7, 11) is 1.39. The maximum absolute atomic E-state index is 14.8. The maximum Gasteiger partial charge on any atom is 0.337 e. The van der Waals surface area contributed by atoms with E-state index in [1.54, 1.807) is 23.5 Å². The van der Waals surface area contributed by atoms with Crippen molar-refractivity contribution >= 4 is 44.3 Å². The average Bonchev–Trinajstić information content (AvgIpc) is 3.24. The highest BCUT2D eigenvalue weighted by Gasteiger charge is 2.46. The predicted octanol–water partition coefficient (Wildman–Crippen LogP) is 6.90. The quantitative estimate of drug-likeness (QED) is 0.225. The molecule has 3 aliphatic rings. The Bertz CT molecular complexity index is 1580. The van der Waals surface area contributed by atoms with Gasteiger partial charge < -0.3 is 18.9 Å². The zero-order valence-corrected chi connectivity index (χ0v) is 23.2. The number of aromatic nitrogens is 2. The Hall–Kier alpha value is -3.01. The number of nitrogens with zero attached hydrogens (tertiary/aromatic N) is 3. The minimum absolute atomic E-state index is 0.0965. The summed E-state index contributed by atoms with van der Waals surface area (Å²) in [5.74, 6) is 0.727. The van der Waals surface area contributed by atoms with Crippen molar-refractivity contribution in [1.82, 2.24) is 10.1 Å². The van der Waals surface area contributed by atoms with Crippen LogP contribution in [0.2, 0.25) is 5.02 Å². The maximum atomic E-state index is 14.8. The summed E-state index contributed by atoms with van der Waals surface area (Å²) in [4.78, 5) is 19.4. The SMILES string of the molecule is COC(=O)c1cc(C)c2nc(N3C[C@@H]4C[C@H]3C[C@H]4OCc3c(-c4c(F)cccc4Cl)noc3C3CC3)sc2c1. The summed E-state index contributed by atoms with van der Waals surface area (Å²) in [6.45, 7) is 3.16. The zero-order chi connectivity index (χ0) is 26.8. The molecule has 2 bridgehead atoms. The standard InChI is InChI=1S/C29H27ClFN3O4S/c1-14-8-16(28(35)36-2)10-23-25(14)32-29(39-23)34-12-17-9-18(34)11-22(17)37-13-19-26(33-38-27(19)15-6-7-15)24-20(30)4-3-5-21(24)31/h3-5,8,10,15,17-18,22H,6-7,9,11-13H2,1-2H3/t17-,18-,22+/m0/s1. The van der Waals surface area contributed by atoms with Gasteiger partial charge in [0.05, 0.1) is 46.2 Å². The molecule has 1 saturated heterocycles. The average molecular weight is 568 g/mol. The number of rotatable bonds is 7. The van der Waals surface area contributed by atoms with Crippen molar-refractivity contribution in [3.8, 4) is 11.3 Å². The van der Waals surface area contributed by atoms with Crippen LogP contribution in [-0.2, 0) is 16.1 Å². The number of piperidine rings is 1. The normalized spacial score (nSPS) is 22.3. The molecule has 10 heteroatoms. The van der Waals surface area contributed by atoms with Crippen molar-refractivity contribution in [2.24, 2.45) is 5.92 Å². The van der Waals surface area contributed by atoms with Gasteiger partial charge in [-0.2, -0.15) is 0 Å². The van der Waals surface area contributed by atoms with Crippen molar-refractivity contribution in [2.75, 3.05) is 18.6 Å². The molecule has 0 spiro atoms. The van der Waals surface area contributed by atoms with E-state index in [-0.39, 0.29) is 17.6 Å². The number of anilines is 1. The molecule has 7 nitrogen and oxygen atoms in total. The van der Waals surface area contributed by atoms with Crippen LogP contribution in [0.4, 0.5) is 9.52 Å². The first kappa shape index (κ1) is 25.0. The van der Waals surface area contributed by atoms with E-state index in [2.05, 4.69) is 10.1 Å². The molecule has 0 radical (unpaired) electrons. The summed E-state index contributed by atoms with van der Waals surface area (Å²) in [5.41, 5.74) is 3.97. The number of halogens is 2. The molecule has 0 unspecified atom stereocenters. The molecule has 7 rings (SSSR count). The van der Waals surface area contributed by atoms with Gasteiger partial charge in [0.25, 0.3) is 0 Å². The van der Waals surface area contributed by atoms with Crippen molar-refractivity contribution in [2.45, 2.75) is 57.3 Å². The molecule has 2 aliphatic carbocycles. The summed E-state index contributed by atoms with van der Waals surface area (Å²) >= 11 is 7.98. The summed E-state index contributed by atoms with van der Waals surface area (Å²) in [5, 5.41) is 5.53. The first-order valence-electron chi connectivity index (χ1n) is 13.2. The number of thiazole rings is 1. The van der Waals surface area contributed by atoms with Crippen LogP contribution >= 0.6 is 22.9 Å². The number of esters is 1. The van der Waals surface area contributed by atoms with Crippen LogP contribution in [0.25, 0.3) is 21.5 Å². The van der Waals surface area contributed by atoms with E-state index in [9.17, 15) is 9.18 Å². The van der Waals surface area contributed by atoms with Gasteiger partial charge in [-0.05, 0) is 62.4 Å². The van der Waals surface area contributed by atoms with Crippen molar-refractivity contribution < 1.29 is 23.2 Å². The fourth-order valence-electron chi connectivity index (χ4n) is 6.13. The molecule has 202 valence electrons. The molecule has 3 heterocycles. The highest BCUT2D eigenvalue weighted by Crippen LogP contribution is 2.47. The lowest BCUT2D eigenvalue weighted by Crippen LogP contribution is -2.38. The van der Waals surface area contributed by atoms with Crippen LogP contribution in [0, 0.1) is 18.7 Å². The predicted molar refractivity (Wildman–Crippen MR) is 147 cm³/mol. The van der Waals surface area contributed by atoms with E-state index in [0.29, 0.717) is 40.8 Å². The lowest BCUT2D eigenvalue weighted by Gasteiger charge is -2.31. The molecule has 39 heavy (non-hydrogen) atoms. The second-order valence-electron chi connectivity index (χ2n) is 10.8. The van der Waals surface area contributed by atoms with Gasteiger partial charge in [-0.15, -0.1) is 0 Å². The van der Waals surface area contributed by atoms with E-state index in [1.165, 1.54) is 13.2 Å². The Kier molecular flexibility index (Phi) is 6.13. The summed E-state index contributed by atoms with van der Waals surface area (Å²) in [6, 6.07) is 8.69. The number of carbonyl (C=O) groups excluding carboxylic acids is 1. The van der Waals surface area contributed by atoms with Crippen molar-refractivity contribution in [3.05, 3.63) is 63.6 Å². The van der Waals surface area contributed by atoms with Crippen LogP contribution in [0.5, 0.6) is 0 Å². The second kappa shape index (κ2) is 9.57. The number of hydrogen-bond donors (Lipinski definition) is 0. The van der Waals surface area contributed by atoms with Gasteiger partial charge in [-0.3, -0.25) is 0 Å². The fraction of sp³-hybridized carbons (Fsp3) is 0.414.